The molecule has 0 bridgehead atoms. The first-order chi connectivity index (χ1) is 18.5. The fourth-order valence-electron chi connectivity index (χ4n) is 3.57. The number of nitrogens with two attached hydrogens (primary N) is 1. The number of hydrogen-bond acceptors (Lipinski definition) is 7. The highest BCUT2D eigenvalue weighted by atomic mass is 32.1. The second-order valence-electron chi connectivity index (χ2n) is 8.10. The Morgan fingerprint density at radius 1 is 1.08 bits per heavy atom. The minimum absolute atomic E-state index is 0.230. The summed E-state index contributed by atoms with van der Waals surface area (Å²) in [6.07, 6.45) is -5.61. The number of aromatic nitrogens is 3. The highest BCUT2D eigenvalue weighted by Gasteiger charge is 2.38. The zero-order chi connectivity index (χ0) is 28.3. The smallest absolute Gasteiger partial charge is 0.475 e. The van der Waals surface area contributed by atoms with Crippen molar-refractivity contribution in [2.24, 2.45) is 5.73 Å². The number of rotatable bonds is 6. The molecule has 0 spiro atoms. The summed E-state index contributed by atoms with van der Waals surface area (Å²) in [7, 11) is 0. The molecule has 0 unspecified atom stereocenters. The van der Waals surface area contributed by atoms with Gasteiger partial charge in [-0.2, -0.15) is 27.1 Å². The van der Waals surface area contributed by atoms with Gasteiger partial charge in [0.25, 0.3) is 6.08 Å². The van der Waals surface area contributed by atoms with Gasteiger partial charge < -0.3 is 20.3 Å². The lowest BCUT2D eigenvalue weighted by Gasteiger charge is -2.03. The number of fused-ring (bicyclic) bond motifs is 2. The summed E-state index contributed by atoms with van der Waals surface area (Å²) in [6.45, 7) is -0.120. The average Bonchev–Trinajstić information content (AvgIpc) is 3.60. The average molecular weight is 570 g/mol. The Bertz CT molecular complexity index is 1600. The lowest BCUT2D eigenvalue weighted by Crippen LogP contribution is -2.27. The van der Waals surface area contributed by atoms with Crippen LogP contribution < -0.4 is 20.9 Å². The number of halogens is 5. The Hall–Kier alpha value is -4.24. The van der Waals surface area contributed by atoms with Crippen LogP contribution in [0.2, 0.25) is 0 Å². The number of hydrogen-bond donors (Lipinski definition) is 2. The van der Waals surface area contributed by atoms with Crippen LogP contribution in [0.25, 0.3) is 21.2 Å². The van der Waals surface area contributed by atoms with Crippen LogP contribution >= 0.6 is 11.3 Å². The predicted octanol–water partition coefficient (Wildman–Crippen LogP) is 4.45. The van der Waals surface area contributed by atoms with Gasteiger partial charge in [0.2, 0.25) is 6.79 Å². The summed E-state index contributed by atoms with van der Waals surface area (Å²) in [4.78, 5) is 22.4. The van der Waals surface area contributed by atoms with Crippen LogP contribution in [-0.4, -0.2) is 44.9 Å². The Kier molecular flexibility index (Phi) is 8.01. The number of alkyl halides is 3. The van der Waals surface area contributed by atoms with Crippen LogP contribution in [0, 0.1) is 0 Å². The maximum Gasteiger partial charge on any atom is 0.490 e. The SMILES string of the molecule is NCC(Cn1ncn(Cc2cc3cc(-c4ccc5c(c4)OCO5)ccc3s2)c1=O)=C(F)F.O=C(O)C(F)(F)F. The topological polar surface area (TPSA) is 122 Å². The Balaban J connectivity index is 0.000000448. The van der Waals surface area contributed by atoms with Crippen molar-refractivity contribution >= 4 is 27.4 Å². The van der Waals surface area contributed by atoms with E-state index in [4.69, 9.17) is 25.1 Å². The number of benzene rings is 2. The van der Waals surface area contributed by atoms with Gasteiger partial charge in [-0.1, -0.05) is 12.1 Å². The van der Waals surface area contributed by atoms with E-state index in [-0.39, 0.29) is 25.5 Å². The molecule has 206 valence electrons. The highest BCUT2D eigenvalue weighted by Crippen LogP contribution is 2.37. The van der Waals surface area contributed by atoms with Crippen LogP contribution in [0.15, 0.2) is 65.2 Å². The van der Waals surface area contributed by atoms with E-state index in [9.17, 15) is 26.7 Å². The van der Waals surface area contributed by atoms with Crippen LogP contribution in [0.5, 0.6) is 11.5 Å². The molecule has 0 aliphatic carbocycles. The maximum atomic E-state index is 12.8. The molecule has 5 rings (SSSR count). The zero-order valence-electron chi connectivity index (χ0n) is 19.7. The molecule has 3 N–H and O–H groups in total. The van der Waals surface area contributed by atoms with E-state index >= 15 is 0 Å². The van der Waals surface area contributed by atoms with Crippen LogP contribution in [0.4, 0.5) is 22.0 Å². The highest BCUT2D eigenvalue weighted by molar-refractivity contribution is 7.19. The first-order valence-corrected chi connectivity index (χ1v) is 11.9. The molecule has 0 saturated carbocycles. The third kappa shape index (κ3) is 6.43. The molecule has 1 aliphatic heterocycles. The summed E-state index contributed by atoms with van der Waals surface area (Å²) < 4.78 is 71.7. The van der Waals surface area contributed by atoms with Crippen molar-refractivity contribution in [2.45, 2.75) is 19.3 Å². The number of aliphatic carboxylic acids is 1. The van der Waals surface area contributed by atoms with Crippen molar-refractivity contribution < 1.29 is 41.3 Å². The van der Waals surface area contributed by atoms with Crippen molar-refractivity contribution in [3.63, 3.8) is 0 Å². The molecular formula is C24H19F5N4O5S. The van der Waals surface area contributed by atoms with E-state index in [1.165, 1.54) is 10.9 Å². The molecule has 4 aromatic rings. The zero-order valence-corrected chi connectivity index (χ0v) is 20.6. The molecule has 1 aliphatic rings. The number of ether oxygens (including phenoxy) is 2. The molecule has 3 heterocycles. The van der Waals surface area contributed by atoms with E-state index in [0.29, 0.717) is 6.54 Å². The van der Waals surface area contributed by atoms with Gasteiger partial charge in [-0.3, -0.25) is 4.57 Å². The van der Waals surface area contributed by atoms with Crippen molar-refractivity contribution in [3.05, 3.63) is 75.8 Å². The Morgan fingerprint density at radius 2 is 1.74 bits per heavy atom. The lowest BCUT2D eigenvalue weighted by molar-refractivity contribution is -0.192. The molecular weight excluding hydrogens is 551 g/mol. The molecule has 9 nitrogen and oxygen atoms in total. The molecule has 2 aromatic carbocycles. The summed E-state index contributed by atoms with van der Waals surface area (Å²) in [6, 6.07) is 14.0. The van der Waals surface area contributed by atoms with Crippen LogP contribution in [-0.2, 0) is 17.9 Å². The Labute approximate surface area is 220 Å². The summed E-state index contributed by atoms with van der Waals surface area (Å²) in [5, 5.41) is 12.1. The number of carboxylic acids is 1. The van der Waals surface area contributed by atoms with Gasteiger partial charge in [-0.05, 0) is 46.8 Å². The lowest BCUT2D eigenvalue weighted by atomic mass is 10.0. The number of nitrogens with zero attached hydrogens (tertiary/aromatic N) is 3. The molecule has 0 saturated heterocycles. The monoisotopic (exact) mass is 570 g/mol. The van der Waals surface area contributed by atoms with Crippen molar-refractivity contribution in [3.8, 4) is 22.6 Å². The van der Waals surface area contributed by atoms with E-state index in [0.717, 1.165) is 42.3 Å². The number of carboxylic acid groups (broad SMARTS) is 1. The summed E-state index contributed by atoms with van der Waals surface area (Å²) in [5.74, 6) is -1.29. The summed E-state index contributed by atoms with van der Waals surface area (Å²) >= 11 is 1.57. The minimum Gasteiger partial charge on any atom is -0.475 e. The van der Waals surface area contributed by atoms with E-state index < -0.39 is 23.9 Å². The van der Waals surface area contributed by atoms with Gasteiger partial charge in [-0.15, -0.1) is 11.3 Å². The number of carbonyl (C=O) groups is 1. The number of thiophene rings is 1. The second-order valence-corrected chi connectivity index (χ2v) is 9.27. The fraction of sp³-hybridized carbons (Fsp3) is 0.208. The van der Waals surface area contributed by atoms with E-state index in [1.54, 1.807) is 11.3 Å². The minimum atomic E-state index is -5.08. The van der Waals surface area contributed by atoms with Crippen molar-refractivity contribution in [1.82, 2.24) is 14.3 Å². The van der Waals surface area contributed by atoms with Crippen molar-refractivity contribution in [2.75, 3.05) is 13.3 Å². The molecule has 0 radical (unpaired) electrons. The van der Waals surface area contributed by atoms with Crippen LogP contribution in [0.1, 0.15) is 4.88 Å². The Morgan fingerprint density at radius 3 is 2.41 bits per heavy atom. The van der Waals surface area contributed by atoms with Gasteiger partial charge in [0, 0.05) is 21.7 Å². The largest absolute Gasteiger partial charge is 0.490 e. The molecule has 0 atom stereocenters. The first-order valence-electron chi connectivity index (χ1n) is 11.0. The third-order valence-corrected chi connectivity index (χ3v) is 6.59. The van der Waals surface area contributed by atoms with Gasteiger partial charge in [0.05, 0.1) is 13.1 Å². The van der Waals surface area contributed by atoms with E-state index in [2.05, 4.69) is 11.2 Å². The summed E-state index contributed by atoms with van der Waals surface area (Å²) in [5.41, 5.74) is 6.61. The second kappa shape index (κ2) is 11.2. The van der Waals surface area contributed by atoms with Crippen LogP contribution in [0.3, 0.4) is 0 Å². The predicted molar refractivity (Wildman–Crippen MR) is 131 cm³/mol. The van der Waals surface area contributed by atoms with Gasteiger partial charge in [0.15, 0.2) is 11.5 Å². The normalized spacial score (nSPS) is 12.3. The molecule has 15 heteroatoms. The van der Waals surface area contributed by atoms with Gasteiger partial charge in [-0.25, -0.2) is 14.3 Å². The van der Waals surface area contributed by atoms with Gasteiger partial charge in [0.1, 0.15) is 6.33 Å². The molecule has 0 fully saturated rings. The standard InChI is InChI=1S/C22H18F2N4O3S.C2HF3O2/c23-21(24)16(8-25)9-28-22(29)27(11-26-28)10-17-6-15-5-13(2-4-20(15)32-17)14-1-3-18-19(7-14)31-12-30-18;3-2(4,5)1(6)7/h1-7,11H,8-10,12,25H2;(H,6,7). The van der Waals surface area contributed by atoms with Gasteiger partial charge >= 0.3 is 17.8 Å². The van der Waals surface area contributed by atoms with E-state index in [1.807, 2.05) is 36.4 Å². The third-order valence-electron chi connectivity index (χ3n) is 5.49. The maximum absolute atomic E-state index is 12.8. The molecule has 2 aromatic heterocycles. The molecule has 39 heavy (non-hydrogen) atoms. The fourth-order valence-corrected chi connectivity index (χ4v) is 4.61. The molecule has 0 amide bonds. The van der Waals surface area contributed by atoms with Crippen molar-refractivity contribution in [1.29, 1.82) is 0 Å². The first kappa shape index (κ1) is 27.8. The quantitative estimate of drug-likeness (QED) is 0.329.